The Morgan fingerprint density at radius 2 is 1.24 bits per heavy atom. The summed E-state index contributed by atoms with van der Waals surface area (Å²) in [6.45, 7) is 15.2. The van der Waals surface area contributed by atoms with Crippen molar-refractivity contribution in [2.75, 3.05) is 10.2 Å². The third-order valence-electron chi connectivity index (χ3n) is 5.50. The molecule has 1 heterocycles. The summed E-state index contributed by atoms with van der Waals surface area (Å²) in [4.78, 5) is 61.1. The molecule has 12 heteroatoms. The van der Waals surface area contributed by atoms with Crippen molar-refractivity contribution < 1.29 is 33.4 Å². The first-order valence-corrected chi connectivity index (χ1v) is 14.4. The average molecular weight is 620 g/mol. The Morgan fingerprint density at radius 1 is 0.711 bits per heavy atom. The molecule has 0 bridgehead atoms. The van der Waals surface area contributed by atoms with Gasteiger partial charge in [0.15, 0.2) is 0 Å². The molecule has 3 rings (SSSR count). The van der Waals surface area contributed by atoms with Gasteiger partial charge in [-0.1, -0.05) is 42.5 Å². The van der Waals surface area contributed by atoms with Crippen LogP contribution in [0.15, 0.2) is 66.9 Å². The van der Waals surface area contributed by atoms with Gasteiger partial charge < -0.3 is 24.8 Å². The molecule has 0 spiro atoms. The molecule has 0 aliphatic rings. The molecule has 0 radical (unpaired) electrons. The Morgan fingerprint density at radius 3 is 1.76 bits per heavy atom. The molecule has 0 unspecified atom stereocenters. The highest BCUT2D eigenvalue weighted by atomic mass is 16.6. The quantitative estimate of drug-likeness (QED) is 0.277. The number of anilines is 2. The van der Waals surface area contributed by atoms with Crippen molar-refractivity contribution in [3.63, 3.8) is 0 Å². The summed E-state index contributed by atoms with van der Waals surface area (Å²) in [5.41, 5.74) is -0.497. The van der Waals surface area contributed by atoms with Crippen LogP contribution >= 0.6 is 0 Å². The van der Waals surface area contributed by atoms with Gasteiger partial charge in [-0.05, 0) is 86.1 Å². The van der Waals surface area contributed by atoms with E-state index in [1.165, 1.54) is 6.20 Å². The van der Waals surface area contributed by atoms with Gasteiger partial charge in [0.05, 0.1) is 5.69 Å². The predicted molar refractivity (Wildman–Crippen MR) is 170 cm³/mol. The van der Waals surface area contributed by atoms with Gasteiger partial charge in [-0.2, -0.15) is 0 Å². The third-order valence-corrected chi connectivity index (χ3v) is 5.50. The van der Waals surface area contributed by atoms with Gasteiger partial charge in [0.25, 0.3) is 5.91 Å². The lowest BCUT2D eigenvalue weighted by Crippen LogP contribution is -2.44. The van der Waals surface area contributed by atoms with Gasteiger partial charge in [0, 0.05) is 17.4 Å². The highest BCUT2D eigenvalue weighted by Gasteiger charge is 2.35. The normalized spacial score (nSPS) is 12.4. The summed E-state index contributed by atoms with van der Waals surface area (Å²) in [5, 5.41) is 5.46. The standard InChI is InChI=1S/C33H41N5O7/c1-31(2,3)43-28(40)37-25(22-13-11-10-12-14-22)26(39)35-23-17-15-21(16-18-23)24-19-20-34-27(36-24)38(29(41)44-32(4,5)6)30(42)45-33(7,8)9/h10-20,25H,1-9H3,(H,35,39)(H,37,40)/t25-/m0/s1. The number of hydrogen-bond donors (Lipinski definition) is 2. The number of hydrogen-bond acceptors (Lipinski definition) is 9. The lowest BCUT2D eigenvalue weighted by Gasteiger charge is -2.27. The zero-order valence-electron chi connectivity index (χ0n) is 27.1. The van der Waals surface area contributed by atoms with Crippen LogP contribution in [0.4, 0.5) is 26.0 Å². The maximum absolute atomic E-state index is 13.3. The zero-order chi connectivity index (χ0) is 33.6. The summed E-state index contributed by atoms with van der Waals surface area (Å²) in [5.74, 6) is -0.707. The van der Waals surface area contributed by atoms with Crippen molar-refractivity contribution in [2.45, 2.75) is 85.2 Å². The van der Waals surface area contributed by atoms with Crippen LogP contribution in [-0.4, -0.2) is 51.0 Å². The monoisotopic (exact) mass is 619 g/mol. The first kappa shape index (κ1) is 34.5. The molecule has 12 nitrogen and oxygen atoms in total. The van der Waals surface area contributed by atoms with Gasteiger partial charge in [-0.15, -0.1) is 4.90 Å². The van der Waals surface area contributed by atoms with Gasteiger partial charge in [0.1, 0.15) is 22.8 Å². The molecule has 4 amide bonds. The maximum Gasteiger partial charge on any atom is 0.427 e. The lowest BCUT2D eigenvalue weighted by atomic mass is 10.1. The van der Waals surface area contributed by atoms with Crippen molar-refractivity contribution in [2.24, 2.45) is 0 Å². The molecule has 0 aliphatic carbocycles. The number of rotatable bonds is 6. The number of imide groups is 1. The second-order valence-electron chi connectivity index (χ2n) is 13.1. The van der Waals surface area contributed by atoms with Crippen LogP contribution in [0.1, 0.15) is 73.9 Å². The Balaban J connectivity index is 1.84. The van der Waals surface area contributed by atoms with E-state index in [9.17, 15) is 19.2 Å². The number of alkyl carbamates (subject to hydrolysis) is 1. The fourth-order valence-corrected chi connectivity index (χ4v) is 3.78. The molecular formula is C33H41N5O7. The van der Waals surface area contributed by atoms with E-state index >= 15 is 0 Å². The van der Waals surface area contributed by atoms with Crippen LogP contribution in [0.5, 0.6) is 0 Å². The van der Waals surface area contributed by atoms with E-state index in [1.54, 1.807) is 117 Å². The zero-order valence-corrected chi connectivity index (χ0v) is 27.1. The molecule has 0 fully saturated rings. The van der Waals surface area contributed by atoms with Crippen molar-refractivity contribution >= 4 is 35.8 Å². The number of nitrogens with one attached hydrogen (secondary N) is 2. The number of nitrogens with zero attached hydrogens (tertiary/aromatic N) is 3. The molecule has 0 saturated carbocycles. The lowest BCUT2D eigenvalue weighted by molar-refractivity contribution is -0.118. The summed E-state index contributed by atoms with van der Waals surface area (Å²) < 4.78 is 16.2. The minimum absolute atomic E-state index is 0.229. The van der Waals surface area contributed by atoms with Crippen LogP contribution in [0.25, 0.3) is 11.3 Å². The number of carbonyl (C=O) groups is 4. The van der Waals surface area contributed by atoms with E-state index in [0.29, 0.717) is 27.4 Å². The molecular weight excluding hydrogens is 578 g/mol. The number of aromatic nitrogens is 2. The first-order valence-electron chi connectivity index (χ1n) is 14.4. The average Bonchev–Trinajstić information content (AvgIpc) is 2.90. The number of carbonyl (C=O) groups excluding carboxylic acids is 4. The Hall–Kier alpha value is -5.00. The molecule has 1 atom stereocenters. The van der Waals surface area contributed by atoms with E-state index in [2.05, 4.69) is 20.6 Å². The smallest absolute Gasteiger partial charge is 0.427 e. The summed E-state index contributed by atoms with van der Waals surface area (Å²) in [6.07, 6.45) is -1.30. The van der Waals surface area contributed by atoms with Crippen molar-refractivity contribution in [3.05, 3.63) is 72.4 Å². The van der Waals surface area contributed by atoms with E-state index in [0.717, 1.165) is 0 Å². The largest absolute Gasteiger partial charge is 0.444 e. The molecule has 3 aromatic rings. The molecule has 0 saturated heterocycles. The van der Waals surface area contributed by atoms with Crippen molar-refractivity contribution in [1.29, 1.82) is 0 Å². The Bertz CT molecular complexity index is 1480. The van der Waals surface area contributed by atoms with Crippen LogP contribution in [-0.2, 0) is 19.0 Å². The highest BCUT2D eigenvalue weighted by Crippen LogP contribution is 2.25. The maximum atomic E-state index is 13.3. The van der Waals surface area contributed by atoms with Crippen molar-refractivity contribution in [3.8, 4) is 11.3 Å². The molecule has 240 valence electrons. The van der Waals surface area contributed by atoms with Gasteiger partial charge >= 0.3 is 18.3 Å². The Kier molecular flexibility index (Phi) is 10.5. The van der Waals surface area contributed by atoms with Crippen LogP contribution in [0, 0.1) is 0 Å². The van der Waals surface area contributed by atoms with E-state index in [1.807, 2.05) is 6.07 Å². The third kappa shape index (κ3) is 10.9. The minimum atomic E-state index is -1.02. The number of amides is 4. The van der Waals surface area contributed by atoms with Gasteiger partial charge in [0.2, 0.25) is 5.95 Å². The van der Waals surface area contributed by atoms with Gasteiger partial charge in [-0.3, -0.25) is 4.79 Å². The summed E-state index contributed by atoms with van der Waals surface area (Å²) in [7, 11) is 0. The topological polar surface area (TPSA) is 149 Å². The SMILES string of the molecule is CC(C)(C)OC(=O)N[C@H](C(=O)Nc1ccc(-c2ccnc(N(C(=O)OC(C)(C)C)C(=O)OC(C)(C)C)n2)cc1)c1ccccc1. The number of benzene rings is 2. The van der Waals surface area contributed by atoms with Gasteiger partial charge in [-0.25, -0.2) is 24.4 Å². The van der Waals surface area contributed by atoms with Crippen molar-refractivity contribution in [1.82, 2.24) is 15.3 Å². The summed E-state index contributed by atoms with van der Waals surface area (Å²) >= 11 is 0. The van der Waals surface area contributed by atoms with Crippen LogP contribution < -0.4 is 15.5 Å². The molecule has 2 N–H and O–H groups in total. The highest BCUT2D eigenvalue weighted by molar-refractivity contribution is 6.08. The molecule has 1 aromatic heterocycles. The molecule has 45 heavy (non-hydrogen) atoms. The number of ether oxygens (including phenoxy) is 3. The summed E-state index contributed by atoms with van der Waals surface area (Å²) in [6, 6.07) is 16.1. The second kappa shape index (κ2) is 13.7. The fourth-order valence-electron chi connectivity index (χ4n) is 3.78. The van der Waals surface area contributed by atoms with Crippen LogP contribution in [0.2, 0.25) is 0 Å². The second-order valence-corrected chi connectivity index (χ2v) is 13.1. The van der Waals surface area contributed by atoms with E-state index < -0.39 is 47.0 Å². The minimum Gasteiger partial charge on any atom is -0.444 e. The molecule has 0 aliphatic heterocycles. The first-order chi connectivity index (χ1) is 20.8. The molecule has 2 aromatic carbocycles. The predicted octanol–water partition coefficient (Wildman–Crippen LogP) is 7.02. The van der Waals surface area contributed by atoms with E-state index in [4.69, 9.17) is 14.2 Å². The Labute approximate surface area is 263 Å². The van der Waals surface area contributed by atoms with Crippen LogP contribution in [0.3, 0.4) is 0 Å². The van der Waals surface area contributed by atoms with E-state index in [-0.39, 0.29) is 5.95 Å². The fraction of sp³-hybridized carbons (Fsp3) is 0.394.